The molecule has 4 heteroatoms. The van der Waals surface area contributed by atoms with E-state index in [1.165, 1.54) is 12.1 Å². The number of benzene rings is 1. The predicted octanol–water partition coefficient (Wildman–Crippen LogP) is 1.78. The lowest BCUT2D eigenvalue weighted by atomic mass is 10.3. The van der Waals surface area contributed by atoms with Gasteiger partial charge in [-0.3, -0.25) is 0 Å². The molecule has 0 aromatic heterocycles. The Labute approximate surface area is 89.3 Å². The molecular weight excluding hydrogens is 203 g/mol. The Bertz CT molecular complexity index is 289. The maximum Gasteiger partial charge on any atom is 0.123 e. The van der Waals surface area contributed by atoms with Crippen molar-refractivity contribution < 1.29 is 4.39 Å². The summed E-state index contributed by atoms with van der Waals surface area (Å²) in [5.41, 5.74) is 6.84. The van der Waals surface area contributed by atoms with Gasteiger partial charge in [-0.15, -0.1) is 12.4 Å². The molecule has 1 atom stereocenters. The van der Waals surface area contributed by atoms with Gasteiger partial charge in [-0.1, -0.05) is 0 Å². The Morgan fingerprint density at radius 2 is 1.93 bits per heavy atom. The van der Waals surface area contributed by atoms with Crippen molar-refractivity contribution in [1.82, 2.24) is 0 Å². The number of anilines is 1. The van der Waals surface area contributed by atoms with E-state index in [9.17, 15) is 4.39 Å². The van der Waals surface area contributed by atoms with Crippen LogP contribution in [0.4, 0.5) is 10.1 Å². The maximum atomic E-state index is 12.6. The van der Waals surface area contributed by atoms with Gasteiger partial charge in [0.2, 0.25) is 0 Å². The highest BCUT2D eigenvalue weighted by Crippen LogP contribution is 2.19. The highest BCUT2D eigenvalue weighted by molar-refractivity contribution is 5.85. The van der Waals surface area contributed by atoms with Crippen LogP contribution in [0.25, 0.3) is 0 Å². The average Bonchev–Trinajstić information content (AvgIpc) is 2.53. The van der Waals surface area contributed by atoms with Crippen molar-refractivity contribution in [3.63, 3.8) is 0 Å². The third kappa shape index (κ3) is 2.36. The minimum Gasteiger partial charge on any atom is -0.370 e. The molecule has 1 aliphatic rings. The zero-order valence-electron chi connectivity index (χ0n) is 7.82. The largest absolute Gasteiger partial charge is 0.370 e. The summed E-state index contributed by atoms with van der Waals surface area (Å²) in [6, 6.07) is 6.84. The third-order valence-electron chi connectivity index (χ3n) is 2.42. The molecular formula is C10H14ClFN2. The molecule has 0 unspecified atom stereocenters. The van der Waals surface area contributed by atoms with Crippen LogP contribution in [-0.4, -0.2) is 19.1 Å². The number of rotatable bonds is 1. The van der Waals surface area contributed by atoms with Crippen LogP contribution in [0.3, 0.4) is 0 Å². The Hall–Kier alpha value is -0.800. The molecule has 1 aromatic carbocycles. The van der Waals surface area contributed by atoms with Crippen LogP contribution in [0.15, 0.2) is 24.3 Å². The second-order valence-corrected chi connectivity index (χ2v) is 3.47. The van der Waals surface area contributed by atoms with E-state index in [0.29, 0.717) is 0 Å². The highest BCUT2D eigenvalue weighted by atomic mass is 35.5. The first-order valence-electron chi connectivity index (χ1n) is 4.52. The quantitative estimate of drug-likeness (QED) is 0.776. The summed E-state index contributed by atoms with van der Waals surface area (Å²) >= 11 is 0. The van der Waals surface area contributed by atoms with Crippen LogP contribution in [0, 0.1) is 5.82 Å². The summed E-state index contributed by atoms with van der Waals surface area (Å²) in [6.07, 6.45) is 1.03. The molecule has 2 N–H and O–H groups in total. The van der Waals surface area contributed by atoms with Crippen molar-refractivity contribution in [1.29, 1.82) is 0 Å². The van der Waals surface area contributed by atoms with Crippen LogP contribution in [0.1, 0.15) is 6.42 Å². The van der Waals surface area contributed by atoms with Gasteiger partial charge in [-0.2, -0.15) is 0 Å². The predicted molar refractivity (Wildman–Crippen MR) is 58.5 cm³/mol. The molecule has 0 saturated carbocycles. The van der Waals surface area contributed by atoms with E-state index in [0.717, 1.165) is 25.2 Å². The molecule has 0 bridgehead atoms. The topological polar surface area (TPSA) is 29.3 Å². The normalized spacial score (nSPS) is 20.7. The highest BCUT2D eigenvalue weighted by Gasteiger charge is 2.18. The fourth-order valence-electron chi connectivity index (χ4n) is 1.67. The minimum atomic E-state index is -0.188. The Morgan fingerprint density at radius 1 is 1.29 bits per heavy atom. The molecule has 0 spiro atoms. The number of hydrogen-bond donors (Lipinski definition) is 1. The molecule has 0 radical (unpaired) electrons. The van der Waals surface area contributed by atoms with E-state index < -0.39 is 0 Å². The molecule has 1 aliphatic heterocycles. The summed E-state index contributed by atoms with van der Waals surface area (Å²) in [5, 5.41) is 0. The van der Waals surface area contributed by atoms with Crippen molar-refractivity contribution in [2.45, 2.75) is 12.5 Å². The first-order chi connectivity index (χ1) is 6.25. The van der Waals surface area contributed by atoms with Gasteiger partial charge in [0, 0.05) is 24.8 Å². The molecule has 0 amide bonds. The van der Waals surface area contributed by atoms with Crippen molar-refractivity contribution in [2.75, 3.05) is 18.0 Å². The molecule has 1 heterocycles. The molecule has 2 nitrogen and oxygen atoms in total. The van der Waals surface area contributed by atoms with Gasteiger partial charge in [-0.25, -0.2) is 4.39 Å². The number of hydrogen-bond acceptors (Lipinski definition) is 2. The van der Waals surface area contributed by atoms with Gasteiger partial charge in [0.15, 0.2) is 0 Å². The van der Waals surface area contributed by atoms with Gasteiger partial charge in [0.05, 0.1) is 0 Å². The van der Waals surface area contributed by atoms with Crippen molar-refractivity contribution in [3.8, 4) is 0 Å². The second kappa shape index (κ2) is 4.62. The van der Waals surface area contributed by atoms with E-state index in [-0.39, 0.29) is 24.3 Å². The molecule has 78 valence electrons. The first kappa shape index (κ1) is 11.3. The molecule has 1 saturated heterocycles. The lowest BCUT2D eigenvalue weighted by molar-refractivity contribution is 0.627. The van der Waals surface area contributed by atoms with Crippen LogP contribution in [0.2, 0.25) is 0 Å². The summed E-state index contributed by atoms with van der Waals surface area (Å²) in [5.74, 6) is -0.188. The third-order valence-corrected chi connectivity index (χ3v) is 2.42. The van der Waals surface area contributed by atoms with Gasteiger partial charge >= 0.3 is 0 Å². The van der Waals surface area contributed by atoms with Crippen molar-refractivity contribution in [2.24, 2.45) is 5.73 Å². The van der Waals surface area contributed by atoms with E-state index in [4.69, 9.17) is 5.73 Å². The minimum absolute atomic E-state index is 0. The number of halogens is 2. The van der Waals surface area contributed by atoms with E-state index >= 15 is 0 Å². The summed E-state index contributed by atoms with van der Waals surface area (Å²) in [4.78, 5) is 2.18. The number of nitrogens with two attached hydrogens (primary N) is 1. The summed E-state index contributed by atoms with van der Waals surface area (Å²) < 4.78 is 12.6. The summed E-state index contributed by atoms with van der Waals surface area (Å²) in [7, 11) is 0. The van der Waals surface area contributed by atoms with Crippen LogP contribution >= 0.6 is 12.4 Å². The van der Waals surface area contributed by atoms with E-state index in [1.807, 2.05) is 0 Å². The lowest BCUT2D eigenvalue weighted by Gasteiger charge is -2.17. The Morgan fingerprint density at radius 3 is 2.43 bits per heavy atom. The average molecular weight is 217 g/mol. The van der Waals surface area contributed by atoms with Crippen LogP contribution in [-0.2, 0) is 0 Å². The fraction of sp³-hybridized carbons (Fsp3) is 0.400. The van der Waals surface area contributed by atoms with Gasteiger partial charge in [0.25, 0.3) is 0 Å². The summed E-state index contributed by atoms with van der Waals surface area (Å²) in [6.45, 7) is 1.86. The fourth-order valence-corrected chi connectivity index (χ4v) is 1.67. The maximum absolute atomic E-state index is 12.6. The standard InChI is InChI=1S/C10H13FN2.ClH/c11-8-1-3-10(4-2-8)13-6-5-9(12)7-13;/h1-4,9H,5-7,12H2;1H/t9-;/m0./s1. The molecule has 1 aromatic rings. The van der Waals surface area contributed by atoms with E-state index in [2.05, 4.69) is 4.90 Å². The second-order valence-electron chi connectivity index (χ2n) is 3.47. The molecule has 0 aliphatic carbocycles. The van der Waals surface area contributed by atoms with Crippen molar-refractivity contribution >= 4 is 18.1 Å². The molecule has 1 fully saturated rings. The molecule has 14 heavy (non-hydrogen) atoms. The van der Waals surface area contributed by atoms with Crippen molar-refractivity contribution in [3.05, 3.63) is 30.1 Å². The smallest absolute Gasteiger partial charge is 0.123 e. The van der Waals surface area contributed by atoms with Crippen LogP contribution < -0.4 is 10.6 Å². The zero-order chi connectivity index (χ0) is 9.26. The van der Waals surface area contributed by atoms with Gasteiger partial charge < -0.3 is 10.6 Å². The SMILES string of the molecule is Cl.N[C@H]1CCN(c2ccc(F)cc2)C1. The first-order valence-corrected chi connectivity index (χ1v) is 4.52. The lowest BCUT2D eigenvalue weighted by Crippen LogP contribution is -2.26. The van der Waals surface area contributed by atoms with E-state index in [1.54, 1.807) is 12.1 Å². The van der Waals surface area contributed by atoms with Crippen LogP contribution in [0.5, 0.6) is 0 Å². The Kier molecular flexibility index (Phi) is 3.72. The Balaban J connectivity index is 0.000000980. The van der Waals surface area contributed by atoms with Gasteiger partial charge in [0.1, 0.15) is 5.82 Å². The molecule has 2 rings (SSSR count). The van der Waals surface area contributed by atoms with Gasteiger partial charge in [-0.05, 0) is 30.7 Å². The monoisotopic (exact) mass is 216 g/mol. The number of nitrogens with zero attached hydrogens (tertiary/aromatic N) is 1. The zero-order valence-corrected chi connectivity index (χ0v) is 8.64.